The fourth-order valence-corrected chi connectivity index (χ4v) is 2.78. The Hall–Kier alpha value is -1.04. The molecule has 0 unspecified atom stereocenters. The summed E-state index contributed by atoms with van der Waals surface area (Å²) < 4.78 is 13.1. The summed E-state index contributed by atoms with van der Waals surface area (Å²) in [6.07, 6.45) is 4.18. The van der Waals surface area contributed by atoms with Crippen molar-refractivity contribution in [1.82, 2.24) is 15.6 Å². The molecule has 0 amide bonds. The van der Waals surface area contributed by atoms with Crippen LogP contribution in [0.3, 0.4) is 0 Å². The lowest BCUT2D eigenvalue weighted by Crippen LogP contribution is -2.43. The summed E-state index contributed by atoms with van der Waals surface area (Å²) in [4.78, 5) is 3.76. The Bertz CT molecular complexity index is 433. The van der Waals surface area contributed by atoms with Crippen molar-refractivity contribution in [3.05, 3.63) is 29.8 Å². The molecule has 0 aromatic carbocycles. The van der Waals surface area contributed by atoms with Gasteiger partial charge in [-0.15, -0.1) is 0 Å². The number of aliphatic hydroxyl groups excluding tert-OH is 1. The zero-order valence-corrected chi connectivity index (χ0v) is 12.2. The number of nitrogens with zero attached hydrogens (tertiary/aromatic N) is 1. The van der Waals surface area contributed by atoms with Crippen LogP contribution in [0.25, 0.3) is 0 Å². The van der Waals surface area contributed by atoms with Crippen molar-refractivity contribution in [3.63, 3.8) is 0 Å². The Kier molecular flexibility index (Phi) is 5.07. The van der Waals surface area contributed by atoms with Crippen LogP contribution < -0.4 is 10.6 Å². The Morgan fingerprint density at radius 3 is 3.00 bits per heavy atom. The molecule has 3 N–H and O–H groups in total. The normalized spacial score (nSPS) is 21.1. The molecule has 1 aliphatic heterocycles. The summed E-state index contributed by atoms with van der Waals surface area (Å²) in [6.45, 7) is 6.85. The second-order valence-electron chi connectivity index (χ2n) is 6.28. The van der Waals surface area contributed by atoms with E-state index in [-0.39, 0.29) is 5.54 Å². The molecule has 0 aliphatic carbocycles. The molecule has 1 aromatic rings. The van der Waals surface area contributed by atoms with Crippen LogP contribution >= 0.6 is 0 Å². The number of rotatable bonds is 6. The SMILES string of the molecule is CC(C)(C[C@@H]1CCNC1)NC[C@H](O)c1cncc(F)c1. The first-order valence-electron chi connectivity index (χ1n) is 7.20. The van der Waals surface area contributed by atoms with Crippen LogP contribution in [0.5, 0.6) is 0 Å². The fourth-order valence-electron chi connectivity index (χ4n) is 2.78. The Morgan fingerprint density at radius 2 is 2.35 bits per heavy atom. The van der Waals surface area contributed by atoms with E-state index in [0.717, 1.165) is 25.7 Å². The standard InChI is InChI=1S/C15H24FN3O/c1-15(2,6-11-3-4-17-7-11)19-10-14(20)12-5-13(16)9-18-8-12/h5,8-9,11,14,17,19-20H,3-4,6-7,10H2,1-2H3/t11-,14-/m0/s1. The van der Waals surface area contributed by atoms with Crippen LogP contribution in [0.1, 0.15) is 38.4 Å². The van der Waals surface area contributed by atoms with Gasteiger partial charge in [-0.2, -0.15) is 0 Å². The van der Waals surface area contributed by atoms with E-state index in [9.17, 15) is 9.50 Å². The van der Waals surface area contributed by atoms with E-state index in [1.54, 1.807) is 0 Å². The Balaban J connectivity index is 1.83. The minimum absolute atomic E-state index is 0.0432. The maximum Gasteiger partial charge on any atom is 0.141 e. The highest BCUT2D eigenvalue weighted by molar-refractivity contribution is 5.13. The average Bonchev–Trinajstić information content (AvgIpc) is 2.88. The molecule has 2 rings (SSSR count). The van der Waals surface area contributed by atoms with Gasteiger partial charge in [-0.3, -0.25) is 4.98 Å². The summed E-state index contributed by atoms with van der Waals surface area (Å²) in [5, 5.41) is 16.8. The van der Waals surface area contributed by atoms with Crippen molar-refractivity contribution in [2.75, 3.05) is 19.6 Å². The summed E-state index contributed by atoms with van der Waals surface area (Å²) in [7, 11) is 0. The maximum absolute atomic E-state index is 13.1. The fraction of sp³-hybridized carbons (Fsp3) is 0.667. The predicted octanol–water partition coefficient (Wildman–Crippen LogP) is 1.62. The zero-order valence-electron chi connectivity index (χ0n) is 12.2. The van der Waals surface area contributed by atoms with Gasteiger partial charge in [0.15, 0.2) is 0 Å². The van der Waals surface area contributed by atoms with Gasteiger partial charge in [-0.05, 0) is 51.8 Å². The second kappa shape index (κ2) is 6.61. The minimum atomic E-state index is -0.737. The highest BCUT2D eigenvalue weighted by atomic mass is 19.1. The summed E-state index contributed by atoms with van der Waals surface area (Å²) in [5.74, 6) is 0.267. The highest BCUT2D eigenvalue weighted by Gasteiger charge is 2.25. The molecular formula is C15H24FN3O. The molecule has 1 saturated heterocycles. The molecule has 5 heteroatoms. The molecular weight excluding hydrogens is 257 g/mol. The van der Waals surface area contributed by atoms with Crippen LogP contribution in [0.4, 0.5) is 4.39 Å². The van der Waals surface area contributed by atoms with Gasteiger partial charge in [0.05, 0.1) is 12.3 Å². The molecule has 0 bridgehead atoms. The van der Waals surface area contributed by atoms with Crippen LogP contribution in [-0.2, 0) is 0 Å². The quantitative estimate of drug-likeness (QED) is 0.742. The lowest BCUT2D eigenvalue weighted by Gasteiger charge is -2.30. The van der Waals surface area contributed by atoms with Crippen molar-refractivity contribution < 1.29 is 9.50 Å². The lowest BCUT2D eigenvalue weighted by molar-refractivity contribution is 0.155. The van der Waals surface area contributed by atoms with Gasteiger partial charge in [-0.1, -0.05) is 0 Å². The average molecular weight is 281 g/mol. The molecule has 112 valence electrons. The van der Waals surface area contributed by atoms with Crippen molar-refractivity contribution in [2.45, 2.75) is 38.3 Å². The molecule has 4 nitrogen and oxygen atoms in total. The first-order valence-corrected chi connectivity index (χ1v) is 7.20. The first-order chi connectivity index (χ1) is 9.46. The van der Waals surface area contributed by atoms with E-state index >= 15 is 0 Å². The van der Waals surface area contributed by atoms with E-state index in [2.05, 4.69) is 29.5 Å². The topological polar surface area (TPSA) is 57.2 Å². The molecule has 0 radical (unpaired) electrons. The number of pyridine rings is 1. The summed E-state index contributed by atoms with van der Waals surface area (Å²) in [6, 6.07) is 1.33. The van der Waals surface area contributed by atoms with E-state index in [0.29, 0.717) is 18.0 Å². The van der Waals surface area contributed by atoms with Gasteiger partial charge in [-0.25, -0.2) is 4.39 Å². The molecule has 20 heavy (non-hydrogen) atoms. The summed E-state index contributed by atoms with van der Waals surface area (Å²) >= 11 is 0. The van der Waals surface area contributed by atoms with Crippen LogP contribution in [0.2, 0.25) is 0 Å². The number of β-amino-alcohol motifs (C(OH)–C–C–N with tert-alkyl or cyclic N) is 1. The number of hydrogen-bond donors (Lipinski definition) is 3. The predicted molar refractivity (Wildman–Crippen MR) is 76.8 cm³/mol. The van der Waals surface area contributed by atoms with E-state index in [1.807, 2.05) is 0 Å². The van der Waals surface area contributed by atoms with Crippen molar-refractivity contribution in [2.24, 2.45) is 5.92 Å². The van der Waals surface area contributed by atoms with Crippen LogP contribution in [-0.4, -0.2) is 35.3 Å². The first kappa shape index (κ1) is 15.4. The molecule has 2 heterocycles. The number of aromatic nitrogens is 1. The van der Waals surface area contributed by atoms with Crippen LogP contribution in [0, 0.1) is 11.7 Å². The Labute approximate surface area is 119 Å². The molecule has 0 spiro atoms. The van der Waals surface area contributed by atoms with Crippen molar-refractivity contribution in [1.29, 1.82) is 0 Å². The van der Waals surface area contributed by atoms with Gasteiger partial charge < -0.3 is 15.7 Å². The number of nitrogens with one attached hydrogen (secondary N) is 2. The largest absolute Gasteiger partial charge is 0.387 e. The van der Waals surface area contributed by atoms with Crippen molar-refractivity contribution in [3.8, 4) is 0 Å². The minimum Gasteiger partial charge on any atom is -0.387 e. The Morgan fingerprint density at radius 1 is 1.55 bits per heavy atom. The maximum atomic E-state index is 13.1. The van der Waals surface area contributed by atoms with Crippen LogP contribution in [0.15, 0.2) is 18.5 Å². The number of aliphatic hydroxyl groups is 1. The van der Waals surface area contributed by atoms with E-state index < -0.39 is 11.9 Å². The lowest BCUT2D eigenvalue weighted by atomic mass is 9.89. The highest BCUT2D eigenvalue weighted by Crippen LogP contribution is 2.22. The monoisotopic (exact) mass is 281 g/mol. The van der Waals surface area contributed by atoms with E-state index in [4.69, 9.17) is 0 Å². The van der Waals surface area contributed by atoms with Crippen molar-refractivity contribution >= 4 is 0 Å². The second-order valence-corrected chi connectivity index (χ2v) is 6.28. The smallest absolute Gasteiger partial charge is 0.141 e. The molecule has 2 atom stereocenters. The zero-order chi connectivity index (χ0) is 14.6. The van der Waals surface area contributed by atoms with Gasteiger partial charge in [0.1, 0.15) is 5.82 Å². The van der Waals surface area contributed by atoms with Gasteiger partial charge >= 0.3 is 0 Å². The number of hydrogen-bond acceptors (Lipinski definition) is 4. The van der Waals surface area contributed by atoms with Gasteiger partial charge in [0, 0.05) is 23.8 Å². The number of halogens is 1. The van der Waals surface area contributed by atoms with Gasteiger partial charge in [0.2, 0.25) is 0 Å². The molecule has 1 aromatic heterocycles. The molecule has 1 aliphatic rings. The van der Waals surface area contributed by atoms with E-state index in [1.165, 1.54) is 18.7 Å². The third-order valence-electron chi connectivity index (χ3n) is 3.85. The third kappa shape index (κ3) is 4.51. The van der Waals surface area contributed by atoms with Gasteiger partial charge in [0.25, 0.3) is 0 Å². The third-order valence-corrected chi connectivity index (χ3v) is 3.85. The molecule has 0 saturated carbocycles. The molecule has 1 fully saturated rings. The summed E-state index contributed by atoms with van der Waals surface area (Å²) in [5.41, 5.74) is 0.467.